The highest BCUT2D eigenvalue weighted by Crippen LogP contribution is 2.32. The van der Waals surface area contributed by atoms with Crippen LogP contribution in [0.1, 0.15) is 50.4 Å². The van der Waals surface area contributed by atoms with E-state index in [0.29, 0.717) is 27.0 Å². The Morgan fingerprint density at radius 3 is 2.54 bits per heavy atom. The number of ether oxygens (including phenoxy) is 1. The number of rotatable bonds is 5. The van der Waals surface area contributed by atoms with Crippen molar-refractivity contribution in [2.24, 2.45) is 4.99 Å². The molecule has 1 aliphatic rings. The molecule has 0 saturated carbocycles. The molecule has 3 heterocycles. The van der Waals surface area contributed by atoms with Crippen molar-refractivity contribution in [3.8, 4) is 0 Å². The van der Waals surface area contributed by atoms with Crippen LogP contribution in [0.3, 0.4) is 0 Å². The van der Waals surface area contributed by atoms with E-state index in [4.69, 9.17) is 9.73 Å². The number of carbonyl (C=O) groups excluding carboxylic acids is 1. The summed E-state index contributed by atoms with van der Waals surface area (Å²) < 4.78 is 9.56. The summed E-state index contributed by atoms with van der Waals surface area (Å²) in [6, 6.07) is 17.5. The van der Waals surface area contributed by atoms with E-state index in [1.54, 1.807) is 4.57 Å². The van der Waals surface area contributed by atoms with Gasteiger partial charge in [-0.05, 0) is 38.0 Å². The van der Waals surface area contributed by atoms with Gasteiger partial charge in [0.1, 0.15) is 0 Å². The molecule has 7 heteroatoms. The number of fused-ring (bicyclic) bond motifs is 2. The molecule has 0 aliphatic carbocycles. The number of allylic oxidation sites excluding steroid dienone is 1. The Balaban J connectivity index is 1.78. The summed E-state index contributed by atoms with van der Waals surface area (Å²) in [5.41, 5.74) is 3.86. The minimum absolute atomic E-state index is 0.166. The van der Waals surface area contributed by atoms with E-state index < -0.39 is 12.0 Å². The number of nitrogens with zero attached hydrogens (tertiary/aromatic N) is 3. The molecule has 0 bridgehead atoms. The third kappa shape index (κ3) is 3.86. The molecule has 6 nitrogen and oxygen atoms in total. The number of benzene rings is 2. The van der Waals surface area contributed by atoms with Gasteiger partial charge in [-0.25, -0.2) is 9.79 Å². The van der Waals surface area contributed by atoms with Crippen molar-refractivity contribution in [1.82, 2.24) is 9.13 Å². The van der Waals surface area contributed by atoms with E-state index in [-0.39, 0.29) is 11.6 Å². The largest absolute Gasteiger partial charge is 0.466 e. The number of hydrogen-bond donors (Lipinski definition) is 0. The first-order valence-electron chi connectivity index (χ1n) is 11.7. The molecule has 0 fully saturated rings. The van der Waals surface area contributed by atoms with E-state index in [1.165, 1.54) is 18.4 Å². The summed E-state index contributed by atoms with van der Waals surface area (Å²) in [6.07, 6.45) is 4.60. The zero-order chi connectivity index (χ0) is 24.7. The lowest BCUT2D eigenvalue weighted by Gasteiger charge is -2.25. The van der Waals surface area contributed by atoms with Crippen LogP contribution in [0.15, 0.2) is 81.9 Å². The minimum atomic E-state index is -0.589. The van der Waals surface area contributed by atoms with Gasteiger partial charge in [-0.3, -0.25) is 9.36 Å². The molecule has 5 rings (SSSR count). The van der Waals surface area contributed by atoms with Gasteiger partial charge in [-0.2, -0.15) is 0 Å². The van der Waals surface area contributed by atoms with Crippen molar-refractivity contribution >= 4 is 34.3 Å². The maximum Gasteiger partial charge on any atom is 0.338 e. The number of esters is 1. The topological polar surface area (TPSA) is 65.6 Å². The van der Waals surface area contributed by atoms with E-state index in [9.17, 15) is 9.59 Å². The lowest BCUT2D eigenvalue weighted by atomic mass is 9.95. The molecule has 0 saturated heterocycles. The van der Waals surface area contributed by atoms with E-state index in [0.717, 1.165) is 22.0 Å². The first-order chi connectivity index (χ1) is 16.9. The van der Waals surface area contributed by atoms with Crippen LogP contribution in [-0.4, -0.2) is 22.2 Å². The molecule has 0 N–H and O–H groups in total. The Labute approximate surface area is 207 Å². The van der Waals surface area contributed by atoms with E-state index >= 15 is 0 Å². The second-order valence-corrected chi connectivity index (χ2v) is 9.81. The SMILES string of the molecule is CCC1=C(C(=O)OC)[C@H](c2ccccc2)n2c(s/c(=C/c3cn(C(C)C)c4ccccc34)c2=O)=N1. The number of thiazole rings is 1. The lowest BCUT2D eigenvalue weighted by Crippen LogP contribution is -2.40. The Bertz CT molecular complexity index is 1640. The molecular weight excluding hydrogens is 458 g/mol. The standard InChI is InChI=1S/C28H27N3O3S/c1-5-21-24(27(33)34-4)25(18-11-7-6-8-12-18)31-26(32)23(35-28(31)29-21)15-19-16-30(17(2)3)22-14-10-9-13-20(19)22/h6-17,25H,5H2,1-4H3/b23-15+/t25-/m0/s1. The molecule has 1 atom stereocenters. The summed E-state index contributed by atoms with van der Waals surface area (Å²) in [7, 11) is 1.36. The van der Waals surface area contributed by atoms with Crippen LogP contribution in [0.4, 0.5) is 0 Å². The molecule has 2 aromatic carbocycles. The third-order valence-electron chi connectivity index (χ3n) is 6.38. The highest BCUT2D eigenvalue weighted by Gasteiger charge is 2.33. The molecule has 2 aromatic heterocycles. The quantitative estimate of drug-likeness (QED) is 0.395. The van der Waals surface area contributed by atoms with Gasteiger partial charge in [0.15, 0.2) is 4.80 Å². The van der Waals surface area contributed by atoms with Crippen molar-refractivity contribution in [2.75, 3.05) is 7.11 Å². The monoisotopic (exact) mass is 485 g/mol. The Morgan fingerprint density at radius 2 is 1.86 bits per heavy atom. The third-order valence-corrected chi connectivity index (χ3v) is 7.36. The van der Waals surface area contributed by atoms with Crippen LogP contribution in [0, 0.1) is 0 Å². The fourth-order valence-electron chi connectivity index (χ4n) is 4.73. The summed E-state index contributed by atoms with van der Waals surface area (Å²) in [5, 5.41) is 1.09. The van der Waals surface area contributed by atoms with Gasteiger partial charge < -0.3 is 9.30 Å². The average molecular weight is 486 g/mol. The van der Waals surface area contributed by atoms with Crippen LogP contribution in [0.5, 0.6) is 0 Å². The van der Waals surface area contributed by atoms with Gasteiger partial charge in [-0.15, -0.1) is 0 Å². The van der Waals surface area contributed by atoms with Gasteiger partial charge >= 0.3 is 5.97 Å². The number of hydrogen-bond acceptors (Lipinski definition) is 5. The zero-order valence-corrected chi connectivity index (χ0v) is 21.0. The molecule has 1 aliphatic heterocycles. The van der Waals surface area contributed by atoms with Crippen LogP contribution in [0.2, 0.25) is 0 Å². The smallest absolute Gasteiger partial charge is 0.338 e. The second kappa shape index (κ2) is 9.15. The minimum Gasteiger partial charge on any atom is -0.466 e. The van der Waals surface area contributed by atoms with Crippen molar-refractivity contribution < 1.29 is 9.53 Å². The summed E-state index contributed by atoms with van der Waals surface area (Å²) in [6.45, 7) is 6.24. The van der Waals surface area contributed by atoms with Crippen LogP contribution < -0.4 is 14.9 Å². The Kier molecular flexibility index (Phi) is 6.03. The molecule has 178 valence electrons. The van der Waals surface area contributed by atoms with Crippen molar-refractivity contribution in [3.05, 3.63) is 103 Å². The van der Waals surface area contributed by atoms with Crippen molar-refractivity contribution in [1.29, 1.82) is 0 Å². The van der Waals surface area contributed by atoms with Gasteiger partial charge in [0, 0.05) is 28.7 Å². The average Bonchev–Trinajstić information content (AvgIpc) is 3.40. The molecule has 0 radical (unpaired) electrons. The zero-order valence-electron chi connectivity index (χ0n) is 20.2. The fraction of sp³-hybridized carbons (Fsp3) is 0.250. The number of para-hydroxylation sites is 1. The maximum atomic E-state index is 13.8. The van der Waals surface area contributed by atoms with Crippen molar-refractivity contribution in [3.63, 3.8) is 0 Å². The van der Waals surface area contributed by atoms with Gasteiger partial charge in [-0.1, -0.05) is 66.8 Å². The molecule has 0 spiro atoms. The molecule has 35 heavy (non-hydrogen) atoms. The molecule has 0 unspecified atom stereocenters. The summed E-state index contributed by atoms with van der Waals surface area (Å²) in [5.74, 6) is -0.464. The predicted octanol–water partition coefficient (Wildman–Crippen LogP) is 4.33. The predicted molar refractivity (Wildman–Crippen MR) is 139 cm³/mol. The number of carbonyl (C=O) groups is 1. The Hall–Kier alpha value is -3.71. The normalized spacial score (nSPS) is 16.0. The highest BCUT2D eigenvalue weighted by molar-refractivity contribution is 7.07. The van der Waals surface area contributed by atoms with Gasteiger partial charge in [0.25, 0.3) is 5.56 Å². The van der Waals surface area contributed by atoms with Crippen LogP contribution in [-0.2, 0) is 9.53 Å². The fourth-order valence-corrected chi connectivity index (χ4v) is 5.74. The van der Waals surface area contributed by atoms with Crippen LogP contribution >= 0.6 is 11.3 Å². The van der Waals surface area contributed by atoms with E-state index in [2.05, 4.69) is 36.7 Å². The highest BCUT2D eigenvalue weighted by atomic mass is 32.1. The van der Waals surface area contributed by atoms with Gasteiger partial charge in [0.2, 0.25) is 0 Å². The molecule has 0 amide bonds. The summed E-state index contributed by atoms with van der Waals surface area (Å²) in [4.78, 5) is 32.1. The van der Waals surface area contributed by atoms with E-state index in [1.807, 2.05) is 55.5 Å². The molecular formula is C28H27N3O3S. The number of methoxy groups -OCH3 is 1. The first-order valence-corrected chi connectivity index (χ1v) is 12.5. The Morgan fingerprint density at radius 1 is 1.14 bits per heavy atom. The van der Waals surface area contributed by atoms with Crippen LogP contribution in [0.25, 0.3) is 17.0 Å². The second-order valence-electron chi connectivity index (χ2n) is 8.80. The summed E-state index contributed by atoms with van der Waals surface area (Å²) >= 11 is 1.35. The first kappa shape index (κ1) is 23.1. The van der Waals surface area contributed by atoms with Gasteiger partial charge in [0.05, 0.1) is 29.0 Å². The van der Waals surface area contributed by atoms with Crippen molar-refractivity contribution in [2.45, 2.75) is 39.3 Å². The molecule has 4 aromatic rings. The lowest BCUT2D eigenvalue weighted by molar-refractivity contribution is -0.136. The number of aromatic nitrogens is 2. The maximum absolute atomic E-state index is 13.8.